The zero-order valence-corrected chi connectivity index (χ0v) is 11.7. The Morgan fingerprint density at radius 3 is 1.87 bits per heavy atom. The van der Waals surface area contributed by atoms with Gasteiger partial charge in [-0.3, -0.25) is 0 Å². The van der Waals surface area contributed by atoms with Crippen molar-refractivity contribution in [1.82, 2.24) is 0 Å². The van der Waals surface area contributed by atoms with Crippen LogP contribution in [0.4, 0.5) is 0 Å². The van der Waals surface area contributed by atoms with Crippen molar-refractivity contribution in [2.75, 3.05) is 0 Å². The molecule has 0 nitrogen and oxygen atoms in total. The van der Waals surface area contributed by atoms with E-state index >= 15 is 0 Å². The number of halogens is 1. The van der Waals surface area contributed by atoms with Crippen LogP contribution in [0.2, 0.25) is 0 Å². The van der Waals surface area contributed by atoms with Gasteiger partial charge in [0.15, 0.2) is 0 Å². The molecule has 0 heterocycles. The molecule has 2 heteroatoms. The van der Waals surface area contributed by atoms with Gasteiger partial charge in [0, 0.05) is 5.25 Å². The summed E-state index contributed by atoms with van der Waals surface area (Å²) in [4.78, 5) is 0. The summed E-state index contributed by atoms with van der Waals surface area (Å²) in [5.41, 5.74) is 5.47. The van der Waals surface area contributed by atoms with E-state index in [0.29, 0.717) is 11.2 Å². The highest BCUT2D eigenvalue weighted by Gasteiger charge is 2.16. The highest BCUT2D eigenvalue weighted by atomic mass is 35.7. The Morgan fingerprint density at radius 2 is 1.53 bits per heavy atom. The van der Waals surface area contributed by atoms with Crippen LogP contribution in [0.3, 0.4) is 0 Å². The highest BCUT2D eigenvalue weighted by Crippen LogP contribution is 2.39. The molecular formula is C13H19ClS. The third kappa shape index (κ3) is 2.92. The second-order valence-corrected chi connectivity index (χ2v) is 5.75. The lowest BCUT2D eigenvalue weighted by Gasteiger charge is -2.19. The minimum atomic E-state index is 0.393. The fourth-order valence-electron chi connectivity index (χ4n) is 1.77. The van der Waals surface area contributed by atoms with Crippen molar-refractivity contribution in [1.29, 1.82) is 0 Å². The van der Waals surface area contributed by atoms with Gasteiger partial charge in [-0.05, 0) is 70.6 Å². The van der Waals surface area contributed by atoms with Crippen molar-refractivity contribution in [3.63, 3.8) is 0 Å². The predicted octanol–water partition coefficient (Wildman–Crippen LogP) is 5.20. The first-order valence-electron chi connectivity index (χ1n) is 5.32. The molecule has 1 aromatic rings. The molecule has 0 fully saturated rings. The monoisotopic (exact) mass is 242 g/mol. The second kappa shape index (κ2) is 5.27. The van der Waals surface area contributed by atoms with Crippen molar-refractivity contribution in [3.8, 4) is 0 Å². The summed E-state index contributed by atoms with van der Waals surface area (Å²) in [7, 11) is 7.38. The van der Waals surface area contributed by atoms with Crippen molar-refractivity contribution in [3.05, 3.63) is 34.4 Å². The Hall–Kier alpha value is -0.140. The topological polar surface area (TPSA) is 0 Å². The lowest BCUT2D eigenvalue weighted by molar-refractivity contribution is 0.634. The number of aryl methyl sites for hydroxylation is 2. The molecule has 0 aliphatic heterocycles. The van der Waals surface area contributed by atoms with Gasteiger partial charge in [-0.15, -0.1) is 0 Å². The molecular weight excluding hydrogens is 224 g/mol. The van der Waals surface area contributed by atoms with E-state index in [1.807, 2.05) is 0 Å². The number of rotatable bonds is 3. The van der Waals surface area contributed by atoms with E-state index in [2.05, 4.69) is 46.8 Å². The van der Waals surface area contributed by atoms with Gasteiger partial charge in [-0.2, -0.15) is 0 Å². The van der Waals surface area contributed by atoms with Gasteiger partial charge in [0.2, 0.25) is 0 Å². The summed E-state index contributed by atoms with van der Waals surface area (Å²) >= 11 is 0. The van der Waals surface area contributed by atoms with Gasteiger partial charge in [0.05, 0.1) is 0 Å². The molecule has 84 valence electrons. The number of benzene rings is 1. The smallest absolute Gasteiger partial charge is 0.0472 e. The molecule has 0 spiro atoms. The summed E-state index contributed by atoms with van der Waals surface area (Å²) in [5.74, 6) is 0.564. The first-order chi connectivity index (χ1) is 6.97. The minimum absolute atomic E-state index is 0.393. The lowest BCUT2D eigenvalue weighted by Crippen LogP contribution is -2.03. The Kier molecular flexibility index (Phi) is 4.54. The van der Waals surface area contributed by atoms with Crippen LogP contribution < -0.4 is 0 Å². The van der Waals surface area contributed by atoms with Crippen molar-refractivity contribution >= 4 is 21.7 Å². The van der Waals surface area contributed by atoms with Crippen molar-refractivity contribution in [2.24, 2.45) is 5.92 Å². The Bertz CT molecular complexity index is 321. The maximum atomic E-state index is 5.96. The lowest BCUT2D eigenvalue weighted by atomic mass is 9.95. The van der Waals surface area contributed by atoms with Gasteiger partial charge in [-0.1, -0.05) is 26.0 Å². The van der Waals surface area contributed by atoms with E-state index < -0.39 is 0 Å². The van der Waals surface area contributed by atoms with E-state index in [1.165, 1.54) is 33.2 Å². The van der Waals surface area contributed by atoms with E-state index in [4.69, 9.17) is 10.7 Å². The average Bonchev–Trinajstić information content (AvgIpc) is 2.14. The quantitative estimate of drug-likeness (QED) is 0.703. The van der Waals surface area contributed by atoms with E-state index in [0.717, 1.165) is 0 Å². The molecule has 1 aromatic carbocycles. The molecule has 0 amide bonds. The fourth-order valence-corrected chi connectivity index (χ4v) is 3.14. The summed E-state index contributed by atoms with van der Waals surface area (Å²) in [6.45, 7) is 10.9. The molecule has 1 rings (SSSR count). The zero-order valence-electron chi connectivity index (χ0n) is 10.1. The summed E-state index contributed by atoms with van der Waals surface area (Å²) < 4.78 is 0. The van der Waals surface area contributed by atoms with Gasteiger partial charge < -0.3 is 0 Å². The van der Waals surface area contributed by atoms with Gasteiger partial charge >= 0.3 is 0 Å². The number of hydrogen-bond donors (Lipinski definition) is 0. The normalized spacial score (nSPS) is 13.3. The second-order valence-electron chi connectivity index (χ2n) is 4.53. The predicted molar refractivity (Wildman–Crippen MR) is 71.7 cm³/mol. The van der Waals surface area contributed by atoms with Gasteiger partial charge in [-0.25, -0.2) is 0 Å². The molecule has 0 radical (unpaired) electrons. The van der Waals surface area contributed by atoms with Crippen LogP contribution in [-0.2, 0) is 0 Å². The molecule has 1 unspecified atom stereocenters. The maximum Gasteiger partial charge on any atom is 0.0472 e. The summed E-state index contributed by atoms with van der Waals surface area (Å²) in [6, 6.07) is 4.53. The summed E-state index contributed by atoms with van der Waals surface area (Å²) in [5, 5.41) is 0.393. The van der Waals surface area contributed by atoms with Crippen LogP contribution in [0.15, 0.2) is 12.1 Å². The van der Waals surface area contributed by atoms with Crippen LogP contribution in [-0.4, -0.2) is 0 Å². The van der Waals surface area contributed by atoms with E-state index in [-0.39, 0.29) is 0 Å². The molecule has 0 bridgehead atoms. The Morgan fingerprint density at radius 1 is 1.07 bits per heavy atom. The third-order valence-corrected chi connectivity index (χ3v) is 4.56. The van der Waals surface area contributed by atoms with E-state index in [1.54, 1.807) is 0 Å². The fraction of sp³-hybridized carbons (Fsp3) is 0.538. The minimum Gasteiger partial charge on any atom is -0.0613 e. The first kappa shape index (κ1) is 12.9. The molecule has 0 saturated carbocycles. The summed E-state index contributed by atoms with van der Waals surface area (Å²) in [6.07, 6.45) is 0. The highest BCUT2D eigenvalue weighted by molar-refractivity contribution is 8.21. The van der Waals surface area contributed by atoms with E-state index in [9.17, 15) is 0 Å². The third-order valence-electron chi connectivity index (χ3n) is 2.98. The Balaban J connectivity index is 3.14. The zero-order chi connectivity index (χ0) is 11.6. The van der Waals surface area contributed by atoms with Crippen molar-refractivity contribution in [2.45, 2.75) is 39.9 Å². The molecule has 0 aliphatic carbocycles. The van der Waals surface area contributed by atoms with Crippen LogP contribution in [0.1, 0.15) is 41.4 Å². The van der Waals surface area contributed by atoms with Gasteiger partial charge in [0.25, 0.3) is 0 Å². The number of hydrogen-bond acceptors (Lipinski definition) is 1. The van der Waals surface area contributed by atoms with Crippen LogP contribution in [0, 0.1) is 26.7 Å². The largest absolute Gasteiger partial charge is 0.0613 e. The molecule has 1 atom stereocenters. The Labute approximate surface area is 102 Å². The van der Waals surface area contributed by atoms with Crippen LogP contribution >= 0.6 is 21.7 Å². The van der Waals surface area contributed by atoms with Gasteiger partial charge in [0.1, 0.15) is 0 Å². The van der Waals surface area contributed by atoms with Crippen molar-refractivity contribution < 1.29 is 0 Å². The molecule has 0 N–H and O–H groups in total. The SMILES string of the molecule is Cc1cc(C(SCl)C(C)C)cc(C)c1C. The van der Waals surface area contributed by atoms with Crippen LogP contribution in [0.25, 0.3) is 0 Å². The molecule has 0 saturated heterocycles. The molecule has 0 aliphatic rings. The average molecular weight is 243 g/mol. The standard InChI is InChI=1S/C13H19ClS/c1-8(2)13(15-14)12-6-9(3)11(5)10(4)7-12/h6-8,13H,1-5H3. The molecule has 0 aromatic heterocycles. The van der Waals surface area contributed by atoms with Crippen LogP contribution in [0.5, 0.6) is 0 Å². The maximum absolute atomic E-state index is 5.96. The molecule has 15 heavy (non-hydrogen) atoms. The first-order valence-corrected chi connectivity index (χ1v) is 7.03.